The largest absolute Gasteiger partial charge is 0.339 e. The Morgan fingerprint density at radius 1 is 0.926 bits per heavy atom. The Bertz CT molecular complexity index is 923. The fraction of sp³-hybridized carbons (Fsp3) is 0.143. The topological polar surface area (TPSA) is 75.2 Å². The second-order valence-electron chi connectivity index (χ2n) is 5.95. The van der Waals surface area contributed by atoms with Crippen LogP contribution in [0.5, 0.6) is 0 Å². The summed E-state index contributed by atoms with van der Waals surface area (Å²) in [5, 5.41) is 11.2. The maximum absolute atomic E-state index is 12.7. The lowest BCUT2D eigenvalue weighted by atomic mass is 10.1. The van der Waals surface area contributed by atoms with Gasteiger partial charge < -0.3 is 10.2 Å². The average Bonchev–Trinajstić information content (AvgIpc) is 2.70. The quantitative estimate of drug-likeness (QED) is 0.670. The Kier molecular flexibility index (Phi) is 5.56. The minimum Gasteiger partial charge on any atom is -0.339 e. The average molecular weight is 360 g/mol. The number of ketones is 1. The Morgan fingerprint density at radius 2 is 1.63 bits per heavy atom. The van der Waals surface area contributed by atoms with Crippen LogP contribution in [0.15, 0.2) is 66.7 Å². The normalized spacial score (nSPS) is 10.3. The predicted molar refractivity (Wildman–Crippen MR) is 106 cm³/mol. The molecule has 0 aliphatic rings. The van der Waals surface area contributed by atoms with E-state index in [9.17, 15) is 9.59 Å². The van der Waals surface area contributed by atoms with Gasteiger partial charge in [0.25, 0.3) is 5.91 Å². The zero-order valence-electron chi connectivity index (χ0n) is 15.2. The number of aromatic nitrogens is 2. The van der Waals surface area contributed by atoms with Gasteiger partial charge in [-0.1, -0.05) is 18.2 Å². The van der Waals surface area contributed by atoms with E-state index < -0.39 is 0 Å². The maximum atomic E-state index is 12.7. The monoisotopic (exact) mass is 360 g/mol. The highest BCUT2D eigenvalue weighted by Gasteiger charge is 2.17. The SMILES string of the molecule is CCN(C(=O)c1ccc(Nc2ccc(C(C)=O)cc2)nn1)c1ccccc1. The van der Waals surface area contributed by atoms with Crippen molar-refractivity contribution in [2.75, 3.05) is 16.8 Å². The number of carbonyl (C=O) groups is 2. The minimum atomic E-state index is -0.200. The van der Waals surface area contributed by atoms with Crippen LogP contribution >= 0.6 is 0 Å². The molecule has 136 valence electrons. The lowest BCUT2D eigenvalue weighted by Gasteiger charge is -2.20. The van der Waals surface area contributed by atoms with Crippen molar-refractivity contribution in [3.05, 3.63) is 78.0 Å². The van der Waals surface area contributed by atoms with E-state index in [2.05, 4.69) is 15.5 Å². The van der Waals surface area contributed by atoms with Crippen LogP contribution in [0.1, 0.15) is 34.7 Å². The number of amides is 1. The lowest BCUT2D eigenvalue weighted by molar-refractivity contribution is 0.0980. The molecular formula is C21H20N4O2. The van der Waals surface area contributed by atoms with E-state index in [1.807, 2.05) is 37.3 Å². The van der Waals surface area contributed by atoms with Gasteiger partial charge in [-0.05, 0) is 62.4 Å². The summed E-state index contributed by atoms with van der Waals surface area (Å²) in [6.07, 6.45) is 0. The molecule has 0 radical (unpaired) electrons. The summed E-state index contributed by atoms with van der Waals surface area (Å²) in [6, 6.07) is 19.9. The van der Waals surface area contributed by atoms with Crippen molar-refractivity contribution in [1.29, 1.82) is 0 Å². The van der Waals surface area contributed by atoms with Gasteiger partial charge in [-0.3, -0.25) is 9.59 Å². The third-order valence-electron chi connectivity index (χ3n) is 4.08. The molecule has 1 aromatic heterocycles. The molecule has 0 unspecified atom stereocenters. The number of anilines is 3. The standard InChI is InChI=1S/C21H20N4O2/c1-3-25(18-7-5-4-6-8-18)21(27)19-13-14-20(24-23-19)22-17-11-9-16(10-12-17)15(2)26/h4-14H,3H2,1-2H3,(H,22,24). The molecule has 6 nitrogen and oxygen atoms in total. The summed E-state index contributed by atoms with van der Waals surface area (Å²) in [4.78, 5) is 25.7. The van der Waals surface area contributed by atoms with Crippen molar-refractivity contribution in [2.24, 2.45) is 0 Å². The van der Waals surface area contributed by atoms with Crippen LogP contribution < -0.4 is 10.2 Å². The number of rotatable bonds is 6. The van der Waals surface area contributed by atoms with E-state index in [4.69, 9.17) is 0 Å². The maximum Gasteiger partial charge on any atom is 0.278 e. The molecule has 2 aromatic carbocycles. The van der Waals surface area contributed by atoms with Crippen molar-refractivity contribution < 1.29 is 9.59 Å². The van der Waals surface area contributed by atoms with Crippen LogP contribution in [0.4, 0.5) is 17.2 Å². The molecule has 3 rings (SSSR count). The molecule has 0 fully saturated rings. The summed E-state index contributed by atoms with van der Waals surface area (Å²) in [7, 11) is 0. The summed E-state index contributed by atoms with van der Waals surface area (Å²) in [5.74, 6) is 0.335. The lowest BCUT2D eigenvalue weighted by Crippen LogP contribution is -2.31. The highest BCUT2D eigenvalue weighted by molar-refractivity contribution is 6.04. The van der Waals surface area contributed by atoms with E-state index >= 15 is 0 Å². The molecule has 0 aliphatic heterocycles. The van der Waals surface area contributed by atoms with Crippen molar-refractivity contribution >= 4 is 28.9 Å². The first kappa shape index (κ1) is 18.3. The third-order valence-corrected chi connectivity index (χ3v) is 4.08. The molecule has 3 aromatic rings. The predicted octanol–water partition coefficient (Wildman–Crippen LogP) is 4.09. The Hall–Kier alpha value is -3.54. The van der Waals surface area contributed by atoms with E-state index in [1.54, 1.807) is 41.3 Å². The van der Waals surface area contributed by atoms with E-state index in [0.29, 0.717) is 17.9 Å². The van der Waals surface area contributed by atoms with Gasteiger partial charge in [-0.25, -0.2) is 0 Å². The van der Waals surface area contributed by atoms with Gasteiger partial charge in [0.2, 0.25) is 0 Å². The van der Waals surface area contributed by atoms with Gasteiger partial charge in [-0.15, -0.1) is 10.2 Å². The van der Waals surface area contributed by atoms with Gasteiger partial charge in [0, 0.05) is 23.5 Å². The van der Waals surface area contributed by atoms with Crippen molar-refractivity contribution in [3.63, 3.8) is 0 Å². The smallest absolute Gasteiger partial charge is 0.278 e. The summed E-state index contributed by atoms with van der Waals surface area (Å²) in [5.41, 5.74) is 2.53. The molecule has 0 atom stereocenters. The molecule has 0 spiro atoms. The van der Waals surface area contributed by atoms with Gasteiger partial charge in [0.1, 0.15) is 0 Å². The Balaban J connectivity index is 1.72. The number of hydrogen-bond acceptors (Lipinski definition) is 5. The molecule has 0 bridgehead atoms. The zero-order valence-corrected chi connectivity index (χ0v) is 15.2. The number of benzene rings is 2. The van der Waals surface area contributed by atoms with Crippen LogP contribution in [0, 0.1) is 0 Å². The van der Waals surface area contributed by atoms with Crippen LogP contribution in [0.3, 0.4) is 0 Å². The van der Waals surface area contributed by atoms with Crippen molar-refractivity contribution in [3.8, 4) is 0 Å². The van der Waals surface area contributed by atoms with E-state index in [1.165, 1.54) is 6.92 Å². The van der Waals surface area contributed by atoms with Crippen LogP contribution in [-0.4, -0.2) is 28.4 Å². The number of Topliss-reactive ketones (excluding diaryl/α,β-unsaturated/α-hetero) is 1. The van der Waals surface area contributed by atoms with Crippen LogP contribution in [0.25, 0.3) is 0 Å². The molecular weight excluding hydrogens is 340 g/mol. The number of nitrogens with one attached hydrogen (secondary N) is 1. The molecule has 0 saturated heterocycles. The molecule has 27 heavy (non-hydrogen) atoms. The Morgan fingerprint density at radius 3 is 2.19 bits per heavy atom. The van der Waals surface area contributed by atoms with Gasteiger partial charge >= 0.3 is 0 Å². The zero-order chi connectivity index (χ0) is 19.2. The van der Waals surface area contributed by atoms with E-state index in [-0.39, 0.29) is 17.4 Å². The number of nitrogens with zero attached hydrogens (tertiary/aromatic N) is 3. The molecule has 6 heteroatoms. The molecule has 0 aliphatic carbocycles. The van der Waals surface area contributed by atoms with E-state index in [0.717, 1.165) is 11.4 Å². The highest BCUT2D eigenvalue weighted by Crippen LogP contribution is 2.18. The number of hydrogen-bond donors (Lipinski definition) is 1. The van der Waals surface area contributed by atoms with Crippen molar-refractivity contribution in [1.82, 2.24) is 10.2 Å². The first-order valence-electron chi connectivity index (χ1n) is 8.67. The summed E-state index contributed by atoms with van der Waals surface area (Å²) in [6.45, 7) is 3.98. The molecule has 0 saturated carbocycles. The van der Waals surface area contributed by atoms with Crippen LogP contribution in [-0.2, 0) is 0 Å². The minimum absolute atomic E-state index is 0.0168. The van der Waals surface area contributed by atoms with Crippen LogP contribution in [0.2, 0.25) is 0 Å². The second-order valence-corrected chi connectivity index (χ2v) is 5.95. The van der Waals surface area contributed by atoms with Gasteiger partial charge in [0.15, 0.2) is 17.3 Å². The molecule has 1 heterocycles. The first-order chi connectivity index (χ1) is 13.1. The third kappa shape index (κ3) is 4.36. The van der Waals surface area contributed by atoms with Crippen molar-refractivity contribution in [2.45, 2.75) is 13.8 Å². The van der Waals surface area contributed by atoms with Gasteiger partial charge in [0.05, 0.1) is 0 Å². The second kappa shape index (κ2) is 8.23. The highest BCUT2D eigenvalue weighted by atomic mass is 16.2. The van der Waals surface area contributed by atoms with Gasteiger partial charge in [-0.2, -0.15) is 0 Å². The fourth-order valence-electron chi connectivity index (χ4n) is 2.64. The fourth-order valence-corrected chi connectivity index (χ4v) is 2.64. The molecule has 1 amide bonds. The number of carbonyl (C=O) groups excluding carboxylic acids is 2. The molecule has 1 N–H and O–H groups in total. The number of para-hydroxylation sites is 1. The Labute approximate surface area is 157 Å². The summed E-state index contributed by atoms with van der Waals surface area (Å²) < 4.78 is 0. The summed E-state index contributed by atoms with van der Waals surface area (Å²) >= 11 is 0. The first-order valence-corrected chi connectivity index (χ1v) is 8.67.